The van der Waals surface area contributed by atoms with E-state index in [2.05, 4.69) is 21.6 Å². The van der Waals surface area contributed by atoms with Crippen LogP contribution in [0.5, 0.6) is 11.5 Å². The van der Waals surface area contributed by atoms with Crippen molar-refractivity contribution >= 4 is 40.1 Å². The quantitative estimate of drug-likeness (QED) is 0.358. The van der Waals surface area contributed by atoms with Crippen molar-refractivity contribution in [3.8, 4) is 23.3 Å². The zero-order valence-electron chi connectivity index (χ0n) is 17.2. The second-order valence-electron chi connectivity index (χ2n) is 6.44. The molecule has 0 radical (unpaired) electrons. The summed E-state index contributed by atoms with van der Waals surface area (Å²) < 4.78 is 69.2. The standard InChI is InChI=1S/C21H15F3N2O6S2/c1-31-17-10-14(11-20(27)28)5-7-16(17)26(34(29)30)18-12-33-19(25-18)8-6-13-3-2-4-15(9-13)32-21(22,23)24/h2-5,7,9-10,12H,11H2,1H3,(H,27,28)(H,29,30). The normalized spacial score (nSPS) is 11.8. The largest absolute Gasteiger partial charge is 0.573 e. The summed E-state index contributed by atoms with van der Waals surface area (Å²) in [5, 5.41) is 10.7. The van der Waals surface area contributed by atoms with Crippen molar-refractivity contribution in [1.29, 1.82) is 0 Å². The van der Waals surface area contributed by atoms with Crippen molar-refractivity contribution < 1.29 is 41.3 Å². The maximum Gasteiger partial charge on any atom is 0.573 e. The van der Waals surface area contributed by atoms with Crippen molar-refractivity contribution in [2.45, 2.75) is 12.8 Å². The van der Waals surface area contributed by atoms with E-state index in [0.717, 1.165) is 27.8 Å². The van der Waals surface area contributed by atoms with Crippen LogP contribution in [-0.4, -0.2) is 38.3 Å². The lowest BCUT2D eigenvalue weighted by atomic mass is 10.1. The number of methoxy groups -OCH3 is 1. The van der Waals surface area contributed by atoms with E-state index in [1.165, 1.54) is 42.8 Å². The number of thiazole rings is 1. The number of carbonyl (C=O) groups is 1. The molecule has 0 bridgehead atoms. The summed E-state index contributed by atoms with van der Waals surface area (Å²) in [6, 6.07) is 9.46. The van der Waals surface area contributed by atoms with E-state index in [1.807, 2.05) is 0 Å². The molecule has 0 saturated heterocycles. The maximum absolute atomic E-state index is 12.4. The Kier molecular flexibility index (Phi) is 7.77. The van der Waals surface area contributed by atoms with Gasteiger partial charge in [0.1, 0.15) is 17.2 Å². The summed E-state index contributed by atoms with van der Waals surface area (Å²) in [7, 11) is 1.33. The van der Waals surface area contributed by atoms with Crippen molar-refractivity contribution in [1.82, 2.24) is 4.98 Å². The fourth-order valence-electron chi connectivity index (χ4n) is 2.77. The smallest absolute Gasteiger partial charge is 0.495 e. The van der Waals surface area contributed by atoms with Crippen molar-refractivity contribution in [2.24, 2.45) is 0 Å². The van der Waals surface area contributed by atoms with Crippen LogP contribution in [0, 0.1) is 11.8 Å². The van der Waals surface area contributed by atoms with Crippen molar-refractivity contribution in [3.05, 3.63) is 64.0 Å². The molecule has 34 heavy (non-hydrogen) atoms. The Bertz CT molecular complexity index is 1280. The summed E-state index contributed by atoms with van der Waals surface area (Å²) in [5.74, 6) is 4.12. The number of carboxylic acid groups (broad SMARTS) is 1. The third-order valence-corrected chi connectivity index (χ3v) is 5.50. The van der Waals surface area contributed by atoms with Gasteiger partial charge in [-0.2, -0.15) is 0 Å². The van der Waals surface area contributed by atoms with E-state index >= 15 is 0 Å². The van der Waals surface area contributed by atoms with Gasteiger partial charge in [0.2, 0.25) is 0 Å². The number of ether oxygens (including phenoxy) is 2. The molecule has 1 heterocycles. The lowest BCUT2D eigenvalue weighted by Crippen LogP contribution is -2.20. The Morgan fingerprint density at radius 2 is 2.00 bits per heavy atom. The zero-order chi connectivity index (χ0) is 24.9. The number of aromatic nitrogens is 1. The van der Waals surface area contributed by atoms with Crippen LogP contribution in [0.2, 0.25) is 0 Å². The SMILES string of the molecule is COc1cc(CC(=O)O)ccc1N(c1csc(C#Cc2cccc(OC(F)(F)F)c2)n1)S(=O)O. The summed E-state index contributed by atoms with van der Waals surface area (Å²) in [4.78, 5) is 15.2. The van der Waals surface area contributed by atoms with Gasteiger partial charge in [0.25, 0.3) is 11.3 Å². The monoisotopic (exact) mass is 512 g/mol. The van der Waals surface area contributed by atoms with Gasteiger partial charge in [0.15, 0.2) is 10.8 Å². The lowest BCUT2D eigenvalue weighted by molar-refractivity contribution is -0.274. The predicted molar refractivity (Wildman–Crippen MR) is 118 cm³/mol. The number of rotatable bonds is 7. The van der Waals surface area contributed by atoms with E-state index in [0.29, 0.717) is 5.56 Å². The van der Waals surface area contributed by atoms with Crippen LogP contribution in [0.25, 0.3) is 0 Å². The van der Waals surface area contributed by atoms with E-state index in [-0.39, 0.29) is 34.2 Å². The summed E-state index contributed by atoms with van der Waals surface area (Å²) in [5.41, 5.74) is 0.842. The van der Waals surface area contributed by atoms with E-state index < -0.39 is 29.3 Å². The Morgan fingerprint density at radius 1 is 1.24 bits per heavy atom. The molecule has 2 N–H and O–H groups in total. The third-order valence-electron chi connectivity index (χ3n) is 4.06. The second-order valence-corrected chi connectivity index (χ2v) is 8.12. The van der Waals surface area contributed by atoms with Gasteiger partial charge in [-0.15, -0.1) is 24.5 Å². The molecule has 3 aromatic rings. The van der Waals surface area contributed by atoms with Crippen LogP contribution in [0.3, 0.4) is 0 Å². The molecule has 0 saturated carbocycles. The van der Waals surface area contributed by atoms with Gasteiger partial charge < -0.3 is 14.6 Å². The van der Waals surface area contributed by atoms with Gasteiger partial charge in [-0.1, -0.05) is 18.1 Å². The molecule has 0 amide bonds. The number of benzene rings is 2. The van der Waals surface area contributed by atoms with Crippen molar-refractivity contribution in [2.75, 3.05) is 11.4 Å². The minimum absolute atomic E-state index is 0.0635. The minimum atomic E-state index is -4.83. The number of alkyl halides is 3. The minimum Gasteiger partial charge on any atom is -0.495 e. The average Bonchev–Trinajstić information content (AvgIpc) is 3.20. The van der Waals surface area contributed by atoms with Gasteiger partial charge in [-0.3, -0.25) is 9.35 Å². The molecule has 0 aliphatic heterocycles. The van der Waals surface area contributed by atoms with Crippen LogP contribution in [0.1, 0.15) is 16.1 Å². The van der Waals surface area contributed by atoms with Gasteiger partial charge in [-0.25, -0.2) is 13.5 Å². The highest BCUT2D eigenvalue weighted by Gasteiger charge is 2.31. The number of hydrogen-bond acceptors (Lipinski definition) is 6. The molecular weight excluding hydrogens is 497 g/mol. The first-order valence-corrected chi connectivity index (χ1v) is 11.1. The molecule has 178 valence electrons. The van der Waals surface area contributed by atoms with Gasteiger partial charge in [-0.05, 0) is 41.8 Å². The number of halogens is 3. The van der Waals surface area contributed by atoms with Crippen LogP contribution in [0.4, 0.5) is 24.7 Å². The first-order chi connectivity index (χ1) is 16.1. The van der Waals surface area contributed by atoms with Crippen molar-refractivity contribution in [3.63, 3.8) is 0 Å². The Labute approximate surface area is 198 Å². The molecule has 13 heteroatoms. The molecule has 1 atom stereocenters. The number of hydrogen-bond donors (Lipinski definition) is 2. The first kappa shape index (κ1) is 25.0. The molecular formula is C21H15F3N2O6S2. The van der Waals surface area contributed by atoms with E-state index in [1.54, 1.807) is 0 Å². The number of carboxylic acids is 1. The van der Waals surface area contributed by atoms with E-state index in [9.17, 15) is 26.7 Å². The molecule has 0 aliphatic rings. The predicted octanol–water partition coefficient (Wildman–Crippen LogP) is 4.35. The molecule has 2 aromatic carbocycles. The molecule has 0 aliphatic carbocycles. The first-order valence-electron chi connectivity index (χ1n) is 9.19. The molecule has 1 unspecified atom stereocenters. The maximum atomic E-state index is 12.4. The van der Waals surface area contributed by atoms with Gasteiger partial charge in [0.05, 0.1) is 13.5 Å². The molecule has 1 aromatic heterocycles. The Balaban J connectivity index is 1.88. The fraction of sp³-hybridized carbons (Fsp3) is 0.143. The molecule has 0 fully saturated rings. The fourth-order valence-corrected chi connectivity index (χ4v) is 4.05. The van der Waals surface area contributed by atoms with Crippen LogP contribution in [-0.2, 0) is 22.5 Å². The topological polar surface area (TPSA) is 109 Å². The zero-order valence-corrected chi connectivity index (χ0v) is 18.8. The van der Waals surface area contributed by atoms with Crippen LogP contribution >= 0.6 is 11.3 Å². The number of nitrogens with zero attached hydrogens (tertiary/aromatic N) is 2. The number of anilines is 2. The second kappa shape index (κ2) is 10.6. The highest BCUT2D eigenvalue weighted by Crippen LogP contribution is 2.36. The van der Waals surface area contributed by atoms with E-state index in [4.69, 9.17) is 9.84 Å². The Hall–Kier alpha value is -3.60. The lowest BCUT2D eigenvalue weighted by Gasteiger charge is -2.20. The van der Waals surface area contributed by atoms with Crippen LogP contribution < -0.4 is 13.8 Å². The average molecular weight is 512 g/mol. The summed E-state index contributed by atoms with van der Waals surface area (Å²) >= 11 is -1.52. The Morgan fingerprint density at radius 3 is 2.65 bits per heavy atom. The summed E-state index contributed by atoms with van der Waals surface area (Å²) in [6.07, 6.45) is -5.09. The molecule has 3 rings (SSSR count). The molecule has 8 nitrogen and oxygen atoms in total. The molecule has 0 spiro atoms. The number of aliphatic carboxylic acids is 1. The summed E-state index contributed by atoms with van der Waals surface area (Å²) in [6.45, 7) is 0. The highest BCUT2D eigenvalue weighted by atomic mass is 32.2. The van der Waals surface area contributed by atoms with Gasteiger partial charge >= 0.3 is 12.3 Å². The van der Waals surface area contributed by atoms with Gasteiger partial charge in [0, 0.05) is 10.9 Å². The van der Waals surface area contributed by atoms with Crippen LogP contribution in [0.15, 0.2) is 47.8 Å². The third kappa shape index (κ3) is 6.70. The highest BCUT2D eigenvalue weighted by molar-refractivity contribution is 7.81.